The highest BCUT2D eigenvalue weighted by atomic mass is 35.5. The average molecular weight is 439 g/mol. The van der Waals surface area contributed by atoms with Gasteiger partial charge in [-0.2, -0.15) is 5.10 Å². The van der Waals surface area contributed by atoms with Gasteiger partial charge in [-0.1, -0.05) is 41.9 Å². The number of rotatable bonds is 8. The monoisotopic (exact) mass is 438 g/mol. The maximum Gasteiger partial charge on any atom is 0.343 e. The summed E-state index contributed by atoms with van der Waals surface area (Å²) < 4.78 is 5.32. The molecule has 0 saturated carbocycles. The molecular formula is C23H19ClN2O3S. The first-order valence-corrected chi connectivity index (χ1v) is 10.6. The number of amides is 1. The number of hydrogen-bond acceptors (Lipinski definition) is 5. The number of thioether (sulfide) groups is 1. The van der Waals surface area contributed by atoms with Gasteiger partial charge in [0, 0.05) is 10.8 Å². The summed E-state index contributed by atoms with van der Waals surface area (Å²) in [5.41, 5.74) is 4.81. The molecule has 0 atom stereocenters. The fourth-order valence-corrected chi connectivity index (χ4v) is 3.44. The quantitative estimate of drug-likeness (QED) is 0.234. The van der Waals surface area contributed by atoms with Gasteiger partial charge in [-0.3, -0.25) is 4.79 Å². The summed E-state index contributed by atoms with van der Waals surface area (Å²) >= 11 is 7.43. The molecule has 0 fully saturated rings. The fraction of sp³-hybridized carbons (Fsp3) is 0.0870. The molecule has 0 saturated heterocycles. The molecule has 0 aliphatic heterocycles. The zero-order valence-corrected chi connectivity index (χ0v) is 17.5. The predicted octanol–water partition coefficient (Wildman–Crippen LogP) is 4.94. The molecular weight excluding hydrogens is 420 g/mol. The highest BCUT2D eigenvalue weighted by Gasteiger charge is 2.07. The standard InChI is InChI=1S/C23H19ClN2O3S/c24-20-8-4-5-18(13-20)15-30-16-22(27)26-25-14-17-9-11-21(12-10-17)29-23(28)19-6-2-1-3-7-19/h1-14H,15-16H2,(H,26,27). The van der Waals surface area contributed by atoms with E-state index in [0.717, 1.165) is 11.1 Å². The van der Waals surface area contributed by atoms with E-state index in [2.05, 4.69) is 10.5 Å². The summed E-state index contributed by atoms with van der Waals surface area (Å²) in [6, 6.07) is 23.2. The van der Waals surface area contributed by atoms with E-state index in [0.29, 0.717) is 22.1 Å². The third-order valence-electron chi connectivity index (χ3n) is 3.89. The minimum absolute atomic E-state index is 0.188. The van der Waals surface area contributed by atoms with Crippen LogP contribution >= 0.6 is 23.4 Å². The molecule has 7 heteroatoms. The number of nitrogens with zero attached hydrogens (tertiary/aromatic N) is 1. The topological polar surface area (TPSA) is 67.8 Å². The van der Waals surface area contributed by atoms with Crippen LogP contribution in [-0.4, -0.2) is 23.8 Å². The Balaban J connectivity index is 1.41. The molecule has 0 aliphatic rings. The Morgan fingerprint density at radius 2 is 1.77 bits per heavy atom. The van der Waals surface area contributed by atoms with Crippen molar-refractivity contribution in [1.29, 1.82) is 0 Å². The van der Waals surface area contributed by atoms with Crippen molar-refractivity contribution in [3.8, 4) is 5.75 Å². The number of carbonyl (C=O) groups is 2. The average Bonchev–Trinajstić information content (AvgIpc) is 2.76. The van der Waals surface area contributed by atoms with E-state index in [9.17, 15) is 9.59 Å². The largest absolute Gasteiger partial charge is 0.423 e. The lowest BCUT2D eigenvalue weighted by molar-refractivity contribution is -0.118. The molecule has 0 spiro atoms. The van der Waals surface area contributed by atoms with E-state index in [-0.39, 0.29) is 11.7 Å². The van der Waals surface area contributed by atoms with Crippen LogP contribution in [0.5, 0.6) is 5.75 Å². The predicted molar refractivity (Wildman–Crippen MR) is 121 cm³/mol. The van der Waals surface area contributed by atoms with Crippen LogP contribution in [0.1, 0.15) is 21.5 Å². The third-order valence-corrected chi connectivity index (χ3v) is 5.13. The van der Waals surface area contributed by atoms with Crippen molar-refractivity contribution in [3.63, 3.8) is 0 Å². The lowest BCUT2D eigenvalue weighted by atomic mass is 10.2. The van der Waals surface area contributed by atoms with Gasteiger partial charge in [-0.15, -0.1) is 11.8 Å². The van der Waals surface area contributed by atoms with E-state index in [1.54, 1.807) is 48.5 Å². The van der Waals surface area contributed by atoms with Crippen LogP contribution in [0, 0.1) is 0 Å². The van der Waals surface area contributed by atoms with Crippen LogP contribution < -0.4 is 10.2 Å². The Morgan fingerprint density at radius 1 is 1.00 bits per heavy atom. The second-order valence-corrected chi connectivity index (χ2v) is 7.66. The number of hydrogen-bond donors (Lipinski definition) is 1. The minimum atomic E-state index is -0.417. The second kappa shape index (κ2) is 11.2. The Morgan fingerprint density at radius 3 is 2.50 bits per heavy atom. The summed E-state index contributed by atoms with van der Waals surface area (Å²) in [7, 11) is 0. The third kappa shape index (κ3) is 7.06. The number of halogens is 1. The van der Waals surface area contributed by atoms with Crippen molar-refractivity contribution in [2.75, 3.05) is 5.75 Å². The lowest BCUT2D eigenvalue weighted by Gasteiger charge is -2.04. The van der Waals surface area contributed by atoms with Crippen molar-refractivity contribution >= 4 is 41.5 Å². The summed E-state index contributed by atoms with van der Waals surface area (Å²) in [4.78, 5) is 23.9. The van der Waals surface area contributed by atoms with Crippen LogP contribution in [0.3, 0.4) is 0 Å². The first-order valence-electron chi connectivity index (χ1n) is 9.11. The van der Waals surface area contributed by atoms with Gasteiger partial charge in [-0.05, 0) is 59.7 Å². The molecule has 1 N–H and O–H groups in total. The molecule has 0 unspecified atom stereocenters. The van der Waals surface area contributed by atoms with Crippen LogP contribution in [0.15, 0.2) is 84.0 Å². The normalized spacial score (nSPS) is 10.7. The molecule has 3 aromatic carbocycles. The van der Waals surface area contributed by atoms with Gasteiger partial charge in [0.05, 0.1) is 17.5 Å². The van der Waals surface area contributed by atoms with Gasteiger partial charge in [0.15, 0.2) is 0 Å². The van der Waals surface area contributed by atoms with Gasteiger partial charge in [0.2, 0.25) is 5.91 Å². The van der Waals surface area contributed by atoms with Gasteiger partial charge in [-0.25, -0.2) is 10.2 Å². The number of nitrogens with one attached hydrogen (secondary N) is 1. The summed E-state index contributed by atoms with van der Waals surface area (Å²) in [5, 5.41) is 4.64. The van der Waals surface area contributed by atoms with E-state index >= 15 is 0 Å². The smallest absolute Gasteiger partial charge is 0.343 e. The van der Waals surface area contributed by atoms with Gasteiger partial charge < -0.3 is 4.74 Å². The number of esters is 1. The zero-order chi connectivity index (χ0) is 21.2. The van der Waals surface area contributed by atoms with Crippen molar-refractivity contribution in [3.05, 3.63) is 101 Å². The van der Waals surface area contributed by atoms with Crippen LogP contribution in [-0.2, 0) is 10.5 Å². The van der Waals surface area contributed by atoms with Gasteiger partial charge >= 0.3 is 5.97 Å². The Hall–Kier alpha value is -3.09. The number of carbonyl (C=O) groups excluding carboxylic acids is 2. The molecule has 0 heterocycles. The van der Waals surface area contributed by atoms with E-state index in [1.807, 2.05) is 30.3 Å². The van der Waals surface area contributed by atoms with Gasteiger partial charge in [0.1, 0.15) is 5.75 Å². The van der Waals surface area contributed by atoms with Crippen molar-refractivity contribution < 1.29 is 14.3 Å². The maximum atomic E-state index is 12.0. The Kier molecular flexibility index (Phi) is 8.06. The van der Waals surface area contributed by atoms with Gasteiger partial charge in [0.25, 0.3) is 0 Å². The molecule has 3 aromatic rings. The number of ether oxygens (including phenoxy) is 1. The lowest BCUT2D eigenvalue weighted by Crippen LogP contribution is -2.19. The first-order chi connectivity index (χ1) is 14.6. The van der Waals surface area contributed by atoms with Crippen LogP contribution in [0.25, 0.3) is 0 Å². The van der Waals surface area contributed by atoms with Crippen LogP contribution in [0.2, 0.25) is 5.02 Å². The molecule has 1 amide bonds. The molecule has 0 bridgehead atoms. The molecule has 3 rings (SSSR count). The molecule has 0 aromatic heterocycles. The molecule has 30 heavy (non-hydrogen) atoms. The van der Waals surface area contributed by atoms with Crippen molar-refractivity contribution in [2.45, 2.75) is 5.75 Å². The molecule has 0 aliphatic carbocycles. The summed E-state index contributed by atoms with van der Waals surface area (Å²) in [5.74, 6) is 0.813. The van der Waals surface area contributed by atoms with E-state index in [1.165, 1.54) is 18.0 Å². The Bertz CT molecular complexity index is 1020. The molecule has 5 nitrogen and oxygen atoms in total. The van der Waals surface area contributed by atoms with E-state index < -0.39 is 5.97 Å². The van der Waals surface area contributed by atoms with E-state index in [4.69, 9.17) is 16.3 Å². The van der Waals surface area contributed by atoms with Crippen molar-refractivity contribution in [2.24, 2.45) is 5.10 Å². The SMILES string of the molecule is O=C(CSCc1cccc(Cl)c1)NN=Cc1ccc(OC(=O)c2ccccc2)cc1. The molecule has 0 radical (unpaired) electrons. The van der Waals surface area contributed by atoms with Crippen molar-refractivity contribution in [1.82, 2.24) is 5.43 Å². The highest BCUT2D eigenvalue weighted by molar-refractivity contribution is 7.99. The second-order valence-electron chi connectivity index (χ2n) is 6.24. The Labute approximate surface area is 184 Å². The fourth-order valence-electron chi connectivity index (χ4n) is 2.46. The summed E-state index contributed by atoms with van der Waals surface area (Å²) in [6.07, 6.45) is 1.53. The zero-order valence-electron chi connectivity index (χ0n) is 16.0. The first kappa shape index (κ1) is 21.6. The van der Waals surface area contributed by atoms with Crippen LogP contribution in [0.4, 0.5) is 0 Å². The molecule has 152 valence electrons. The number of benzene rings is 3. The highest BCUT2D eigenvalue weighted by Crippen LogP contribution is 2.16. The minimum Gasteiger partial charge on any atom is -0.423 e. The summed E-state index contributed by atoms with van der Waals surface area (Å²) in [6.45, 7) is 0. The maximum absolute atomic E-state index is 12.0. The number of hydrazone groups is 1.